The Bertz CT molecular complexity index is 426. The van der Waals surface area contributed by atoms with Gasteiger partial charge in [0.2, 0.25) is 0 Å². The second-order valence-corrected chi connectivity index (χ2v) is 4.92. The molecule has 92 valence electrons. The third kappa shape index (κ3) is 3.41. The van der Waals surface area contributed by atoms with E-state index in [1.807, 2.05) is 0 Å². The van der Waals surface area contributed by atoms with Gasteiger partial charge in [0.25, 0.3) is 4.51 Å². The molecule has 0 N–H and O–H groups in total. The molecule has 0 aliphatic rings. The lowest BCUT2D eigenvalue weighted by Gasteiger charge is -2.22. The number of hydrogen-bond acceptors (Lipinski definition) is 4. The van der Waals surface area contributed by atoms with Crippen molar-refractivity contribution in [1.82, 2.24) is 0 Å². The Morgan fingerprint density at radius 3 is 2.24 bits per heavy atom. The molecule has 1 aromatic carbocycles. The van der Waals surface area contributed by atoms with Crippen LogP contribution in [0.5, 0.6) is 5.75 Å². The van der Waals surface area contributed by atoms with E-state index < -0.39 is 5.41 Å². The van der Waals surface area contributed by atoms with Crippen molar-refractivity contribution in [1.29, 1.82) is 0 Å². The van der Waals surface area contributed by atoms with E-state index in [1.165, 1.54) is 7.11 Å². The molecule has 5 heteroatoms. The highest BCUT2D eigenvalue weighted by molar-refractivity contribution is 7.82. The first kappa shape index (κ1) is 13.9. The molecule has 0 saturated heterocycles. The van der Waals surface area contributed by atoms with Crippen molar-refractivity contribution in [2.24, 2.45) is 0 Å². The second kappa shape index (κ2) is 5.47. The molecule has 0 amide bonds. The Morgan fingerprint density at radius 2 is 1.82 bits per heavy atom. The molecule has 3 nitrogen and oxygen atoms in total. The van der Waals surface area contributed by atoms with Gasteiger partial charge in [0.1, 0.15) is 5.75 Å². The number of halogens is 1. The lowest BCUT2D eigenvalue weighted by atomic mass is 9.85. The number of hydrogen-bond donors (Lipinski definition) is 0. The van der Waals surface area contributed by atoms with Gasteiger partial charge in [-0.2, -0.15) is 0 Å². The number of methoxy groups -OCH3 is 1. The van der Waals surface area contributed by atoms with Gasteiger partial charge in [-0.3, -0.25) is 4.79 Å². The monoisotopic (exact) mass is 272 g/mol. The van der Waals surface area contributed by atoms with Crippen LogP contribution in [-0.4, -0.2) is 17.6 Å². The maximum Gasteiger partial charge on any atom is 0.315 e. The van der Waals surface area contributed by atoms with E-state index in [0.29, 0.717) is 5.75 Å². The molecule has 0 radical (unpaired) electrons. The van der Waals surface area contributed by atoms with Gasteiger partial charge < -0.3 is 9.47 Å². The van der Waals surface area contributed by atoms with Crippen molar-refractivity contribution in [2.45, 2.75) is 19.3 Å². The molecule has 1 rings (SSSR count). The zero-order valence-corrected chi connectivity index (χ0v) is 11.4. The average Bonchev–Trinajstić information content (AvgIpc) is 2.27. The van der Waals surface area contributed by atoms with Crippen LogP contribution in [0.3, 0.4) is 0 Å². The summed E-state index contributed by atoms with van der Waals surface area (Å²) < 4.78 is 9.74. The molecule has 0 atom stereocenters. The van der Waals surface area contributed by atoms with Crippen LogP contribution in [0.25, 0.3) is 0 Å². The largest absolute Gasteiger partial charge is 0.468 e. The summed E-state index contributed by atoms with van der Waals surface area (Å²) in [5.41, 5.74) is 0.131. The Labute approximate surface area is 111 Å². The lowest BCUT2D eigenvalue weighted by molar-refractivity contribution is -0.146. The zero-order valence-electron chi connectivity index (χ0n) is 9.82. The first-order valence-corrected chi connectivity index (χ1v) is 5.73. The summed E-state index contributed by atoms with van der Waals surface area (Å²) in [7, 11) is 1.37. The molecule has 0 aliphatic heterocycles. The standard InChI is InChI=1S/C12H13ClO3S/c1-12(2,10(14)15-3)8-4-6-9(7-5-8)16-11(13)17/h4-7H,1-3H3. The molecule has 0 spiro atoms. The van der Waals surface area contributed by atoms with E-state index in [9.17, 15) is 4.79 Å². The molecule has 0 saturated carbocycles. The Hall–Kier alpha value is -1.13. The number of ether oxygens (including phenoxy) is 2. The predicted molar refractivity (Wildman–Crippen MR) is 70.6 cm³/mol. The van der Waals surface area contributed by atoms with E-state index in [-0.39, 0.29) is 10.5 Å². The summed E-state index contributed by atoms with van der Waals surface area (Å²) in [5.74, 6) is 0.244. The number of rotatable bonds is 3. The van der Waals surface area contributed by atoms with Gasteiger partial charge in [0.05, 0.1) is 12.5 Å². The second-order valence-electron chi connectivity index (χ2n) is 3.98. The van der Waals surface area contributed by atoms with Crippen molar-refractivity contribution >= 4 is 34.3 Å². The van der Waals surface area contributed by atoms with Crippen molar-refractivity contribution in [3.63, 3.8) is 0 Å². The van der Waals surface area contributed by atoms with Gasteiger partial charge in [-0.05, 0) is 55.4 Å². The van der Waals surface area contributed by atoms with E-state index in [2.05, 4.69) is 12.2 Å². The third-order valence-electron chi connectivity index (χ3n) is 2.47. The summed E-state index contributed by atoms with van der Waals surface area (Å²) in [5, 5.41) is 0. The first-order valence-electron chi connectivity index (χ1n) is 4.94. The first-order chi connectivity index (χ1) is 7.87. The van der Waals surface area contributed by atoms with Crippen molar-refractivity contribution in [2.75, 3.05) is 7.11 Å². The molecule has 0 bridgehead atoms. The van der Waals surface area contributed by atoms with E-state index >= 15 is 0 Å². The maximum atomic E-state index is 11.6. The fraction of sp³-hybridized carbons (Fsp3) is 0.333. The van der Waals surface area contributed by atoms with Crippen molar-refractivity contribution in [3.05, 3.63) is 29.8 Å². The Balaban J connectivity index is 2.94. The van der Waals surface area contributed by atoms with Crippen LogP contribution in [0, 0.1) is 0 Å². The molecule has 0 fully saturated rings. The van der Waals surface area contributed by atoms with Crippen LogP contribution in [0.1, 0.15) is 19.4 Å². The van der Waals surface area contributed by atoms with E-state index in [1.54, 1.807) is 38.1 Å². The quantitative estimate of drug-likeness (QED) is 0.481. The smallest absolute Gasteiger partial charge is 0.315 e. The predicted octanol–water partition coefficient (Wildman–Crippen LogP) is 3.04. The van der Waals surface area contributed by atoms with E-state index in [0.717, 1.165) is 5.56 Å². The van der Waals surface area contributed by atoms with Crippen LogP contribution in [0.4, 0.5) is 0 Å². The number of carbonyl (C=O) groups excluding carboxylic acids is 1. The molecule has 1 aromatic rings. The van der Waals surface area contributed by atoms with Crippen LogP contribution in [-0.2, 0) is 14.9 Å². The Morgan fingerprint density at radius 1 is 1.29 bits per heavy atom. The average molecular weight is 273 g/mol. The summed E-state index contributed by atoms with van der Waals surface area (Å²) in [6, 6.07) is 6.96. The molecule has 0 aromatic heterocycles. The third-order valence-corrected chi connectivity index (χ3v) is 2.63. The van der Waals surface area contributed by atoms with Gasteiger partial charge in [0.15, 0.2) is 0 Å². The fourth-order valence-corrected chi connectivity index (χ4v) is 1.59. The highest BCUT2D eigenvalue weighted by Crippen LogP contribution is 2.26. The highest BCUT2D eigenvalue weighted by atomic mass is 35.5. The van der Waals surface area contributed by atoms with Gasteiger partial charge in [0, 0.05) is 0 Å². The van der Waals surface area contributed by atoms with Crippen molar-refractivity contribution < 1.29 is 14.3 Å². The van der Waals surface area contributed by atoms with Crippen LogP contribution in [0.15, 0.2) is 24.3 Å². The van der Waals surface area contributed by atoms with E-state index in [4.69, 9.17) is 21.1 Å². The molecular formula is C12H13ClO3S. The minimum absolute atomic E-state index is 0.0648. The minimum Gasteiger partial charge on any atom is -0.468 e. The number of carbonyl (C=O) groups is 1. The van der Waals surface area contributed by atoms with Crippen LogP contribution in [0.2, 0.25) is 0 Å². The molecule has 0 unspecified atom stereocenters. The molecule has 17 heavy (non-hydrogen) atoms. The molecule has 0 aliphatic carbocycles. The topological polar surface area (TPSA) is 35.5 Å². The summed E-state index contributed by atoms with van der Waals surface area (Å²) in [4.78, 5) is 11.6. The normalized spacial score (nSPS) is 10.8. The van der Waals surface area contributed by atoms with Crippen molar-refractivity contribution in [3.8, 4) is 5.75 Å². The van der Waals surface area contributed by atoms with Gasteiger partial charge in [-0.1, -0.05) is 12.1 Å². The zero-order chi connectivity index (χ0) is 13.1. The lowest BCUT2D eigenvalue weighted by Crippen LogP contribution is -2.30. The summed E-state index contributed by atoms with van der Waals surface area (Å²) >= 11 is 10.1. The van der Waals surface area contributed by atoms with Gasteiger partial charge in [-0.15, -0.1) is 0 Å². The van der Waals surface area contributed by atoms with Crippen LogP contribution >= 0.6 is 23.8 Å². The minimum atomic E-state index is -0.700. The van der Waals surface area contributed by atoms with Gasteiger partial charge >= 0.3 is 5.97 Å². The van der Waals surface area contributed by atoms with Crippen LogP contribution < -0.4 is 4.74 Å². The van der Waals surface area contributed by atoms with Gasteiger partial charge in [-0.25, -0.2) is 0 Å². The number of esters is 1. The summed E-state index contributed by atoms with van der Waals surface area (Å²) in [6.45, 7) is 3.59. The highest BCUT2D eigenvalue weighted by Gasteiger charge is 2.30. The fourth-order valence-electron chi connectivity index (χ4n) is 1.41. The SMILES string of the molecule is COC(=O)C(C)(C)c1ccc(OC(=S)Cl)cc1. The summed E-state index contributed by atoms with van der Waals surface area (Å²) in [6.07, 6.45) is 0. The maximum absolute atomic E-state index is 11.6. The molecular weight excluding hydrogens is 260 g/mol. The number of thiocarbonyl (C=S) groups is 1. The molecule has 0 heterocycles. The Kier molecular flexibility index (Phi) is 4.48. The number of benzene rings is 1.